The van der Waals surface area contributed by atoms with Gasteiger partial charge in [0, 0.05) is 0 Å². The highest BCUT2D eigenvalue weighted by atomic mass is 16.5. The molecule has 0 aliphatic rings. The molecule has 0 aromatic heterocycles. The first-order valence-electron chi connectivity index (χ1n) is 17.5. The van der Waals surface area contributed by atoms with Crippen LogP contribution in [0.3, 0.4) is 0 Å². The summed E-state index contributed by atoms with van der Waals surface area (Å²) in [6.45, 7) is 5.18. The Hall–Kier alpha value is -1.57. The zero-order chi connectivity index (χ0) is 29.0. The van der Waals surface area contributed by atoms with Crippen LogP contribution in [-0.2, 0) is 9.53 Å². The van der Waals surface area contributed by atoms with Gasteiger partial charge in [-0.15, -0.1) is 0 Å². The van der Waals surface area contributed by atoms with E-state index in [1.165, 1.54) is 141 Å². The summed E-state index contributed by atoms with van der Waals surface area (Å²) >= 11 is 0. The van der Waals surface area contributed by atoms with Crippen molar-refractivity contribution in [3.63, 3.8) is 0 Å². The van der Waals surface area contributed by atoms with E-state index in [1.54, 1.807) is 0 Å². The molecule has 40 heavy (non-hydrogen) atoms. The molecule has 0 saturated carbocycles. The fourth-order valence-electron chi connectivity index (χ4n) is 5.08. The molecular formula is C38H68O2. The second kappa shape index (κ2) is 35.5. The van der Waals surface area contributed by atoms with Gasteiger partial charge in [0.2, 0.25) is 0 Å². The van der Waals surface area contributed by atoms with Crippen molar-refractivity contribution in [2.45, 2.75) is 187 Å². The molecular weight excluding hydrogens is 488 g/mol. The van der Waals surface area contributed by atoms with Crippen LogP contribution < -0.4 is 0 Å². The summed E-state index contributed by atoms with van der Waals surface area (Å²) in [7, 11) is 0. The standard InChI is InChI=1S/C38H68O2/c1-3-5-7-9-11-13-15-17-19-21-23-25-27-29-31-33-35-38(40-37-39)36-34-32-30-28-26-24-22-20-18-16-14-12-10-8-6-4-2/h11-14,17-20,37-38H,3-10,15-16,21-36H2,1-2H3. The van der Waals surface area contributed by atoms with Crippen LogP contribution in [-0.4, -0.2) is 12.6 Å². The maximum absolute atomic E-state index is 10.9. The Kier molecular flexibility index (Phi) is 34.1. The molecule has 232 valence electrons. The van der Waals surface area contributed by atoms with Crippen LogP contribution in [0.15, 0.2) is 48.6 Å². The lowest BCUT2D eigenvalue weighted by Crippen LogP contribution is -2.12. The van der Waals surface area contributed by atoms with E-state index in [1.807, 2.05) is 0 Å². The molecule has 0 heterocycles. The highest BCUT2D eigenvalue weighted by Crippen LogP contribution is 2.17. The monoisotopic (exact) mass is 557 g/mol. The lowest BCUT2D eigenvalue weighted by Gasteiger charge is -2.15. The summed E-state index contributed by atoms with van der Waals surface area (Å²) < 4.78 is 5.39. The summed E-state index contributed by atoms with van der Waals surface area (Å²) in [5.74, 6) is 0. The Morgan fingerprint density at radius 1 is 0.425 bits per heavy atom. The largest absolute Gasteiger partial charge is 0.465 e. The topological polar surface area (TPSA) is 26.3 Å². The Morgan fingerprint density at radius 3 is 1.10 bits per heavy atom. The van der Waals surface area contributed by atoms with Gasteiger partial charge in [-0.3, -0.25) is 4.79 Å². The minimum Gasteiger partial charge on any atom is -0.465 e. The number of rotatable bonds is 32. The molecule has 0 amide bonds. The first-order chi connectivity index (χ1) is 19.8. The smallest absolute Gasteiger partial charge is 0.293 e. The molecule has 0 N–H and O–H groups in total. The number of hydrogen-bond acceptors (Lipinski definition) is 2. The third kappa shape index (κ3) is 32.6. The molecule has 0 unspecified atom stereocenters. The average molecular weight is 557 g/mol. The summed E-state index contributed by atoms with van der Waals surface area (Å²) in [5, 5.41) is 0. The first-order valence-corrected chi connectivity index (χ1v) is 17.5. The Morgan fingerprint density at radius 2 is 0.750 bits per heavy atom. The highest BCUT2D eigenvalue weighted by Gasteiger charge is 2.08. The molecule has 0 rings (SSSR count). The van der Waals surface area contributed by atoms with E-state index < -0.39 is 0 Å². The van der Waals surface area contributed by atoms with Crippen molar-refractivity contribution in [3.05, 3.63) is 48.6 Å². The van der Waals surface area contributed by atoms with Crippen molar-refractivity contribution in [2.75, 3.05) is 0 Å². The number of hydrogen-bond donors (Lipinski definition) is 0. The minimum atomic E-state index is 0.133. The lowest BCUT2D eigenvalue weighted by atomic mass is 10.0. The van der Waals surface area contributed by atoms with E-state index >= 15 is 0 Å². The third-order valence-electron chi connectivity index (χ3n) is 7.70. The van der Waals surface area contributed by atoms with Gasteiger partial charge in [0.25, 0.3) is 6.47 Å². The van der Waals surface area contributed by atoms with Crippen LogP contribution in [0, 0.1) is 0 Å². The Balaban J connectivity index is 3.52. The van der Waals surface area contributed by atoms with Crippen LogP contribution in [0.5, 0.6) is 0 Å². The molecule has 0 aliphatic carbocycles. The number of ether oxygens (including phenoxy) is 1. The maximum atomic E-state index is 10.9. The van der Waals surface area contributed by atoms with Crippen LogP contribution >= 0.6 is 0 Å². The summed E-state index contributed by atoms with van der Waals surface area (Å²) in [4.78, 5) is 10.9. The molecule has 2 nitrogen and oxygen atoms in total. The van der Waals surface area contributed by atoms with Crippen molar-refractivity contribution in [1.29, 1.82) is 0 Å². The van der Waals surface area contributed by atoms with Gasteiger partial charge in [-0.25, -0.2) is 0 Å². The number of carbonyl (C=O) groups is 1. The van der Waals surface area contributed by atoms with Crippen LogP contribution in [0.4, 0.5) is 0 Å². The van der Waals surface area contributed by atoms with E-state index in [9.17, 15) is 4.79 Å². The molecule has 0 bridgehead atoms. The minimum absolute atomic E-state index is 0.133. The predicted molar refractivity (Wildman–Crippen MR) is 179 cm³/mol. The maximum Gasteiger partial charge on any atom is 0.293 e. The quantitative estimate of drug-likeness (QED) is 0.0468. The van der Waals surface area contributed by atoms with Crippen molar-refractivity contribution in [1.82, 2.24) is 0 Å². The fraction of sp³-hybridized carbons (Fsp3) is 0.763. The summed E-state index contributed by atoms with van der Waals surface area (Å²) in [6.07, 6.45) is 51.4. The zero-order valence-electron chi connectivity index (χ0n) is 27.0. The highest BCUT2D eigenvalue weighted by molar-refractivity contribution is 5.37. The normalized spacial score (nSPS) is 12.9. The van der Waals surface area contributed by atoms with E-state index in [-0.39, 0.29) is 6.10 Å². The molecule has 2 heteroatoms. The van der Waals surface area contributed by atoms with Crippen molar-refractivity contribution in [2.24, 2.45) is 0 Å². The lowest BCUT2D eigenvalue weighted by molar-refractivity contribution is -0.134. The van der Waals surface area contributed by atoms with Crippen molar-refractivity contribution in [3.8, 4) is 0 Å². The van der Waals surface area contributed by atoms with E-state index in [4.69, 9.17) is 4.74 Å². The van der Waals surface area contributed by atoms with E-state index in [2.05, 4.69) is 62.5 Å². The first kappa shape index (κ1) is 38.4. The van der Waals surface area contributed by atoms with Gasteiger partial charge in [-0.2, -0.15) is 0 Å². The van der Waals surface area contributed by atoms with Gasteiger partial charge in [0.05, 0.1) is 0 Å². The fourth-order valence-corrected chi connectivity index (χ4v) is 5.08. The van der Waals surface area contributed by atoms with Crippen molar-refractivity contribution < 1.29 is 9.53 Å². The molecule has 0 aromatic carbocycles. The molecule has 0 aromatic rings. The van der Waals surface area contributed by atoms with Crippen molar-refractivity contribution >= 4 is 6.47 Å². The Labute approximate surface area is 251 Å². The third-order valence-corrected chi connectivity index (χ3v) is 7.70. The Bertz CT molecular complexity index is 553. The number of carbonyl (C=O) groups excluding carboxylic acids is 1. The zero-order valence-corrected chi connectivity index (χ0v) is 27.0. The van der Waals surface area contributed by atoms with Gasteiger partial charge in [0.15, 0.2) is 0 Å². The van der Waals surface area contributed by atoms with Crippen LogP contribution in [0.1, 0.15) is 181 Å². The number of allylic oxidation sites excluding steroid dienone is 8. The van der Waals surface area contributed by atoms with E-state index in [0.29, 0.717) is 6.47 Å². The van der Waals surface area contributed by atoms with Gasteiger partial charge in [0.1, 0.15) is 6.10 Å². The van der Waals surface area contributed by atoms with Gasteiger partial charge in [-0.05, 0) is 89.9 Å². The molecule has 0 spiro atoms. The SMILES string of the molecule is CCCCCC=CCC=CCCCCCCCCC(CCCCCCCCC=CCC=CCCCCC)OC=O. The number of unbranched alkanes of at least 4 members (excludes halogenated alkanes) is 18. The molecule has 0 aliphatic heterocycles. The molecule has 0 fully saturated rings. The van der Waals surface area contributed by atoms with Gasteiger partial charge in [-0.1, -0.05) is 140 Å². The molecule has 0 saturated heterocycles. The van der Waals surface area contributed by atoms with Crippen LogP contribution in [0.25, 0.3) is 0 Å². The van der Waals surface area contributed by atoms with Gasteiger partial charge < -0.3 is 4.74 Å². The summed E-state index contributed by atoms with van der Waals surface area (Å²) in [5.41, 5.74) is 0. The molecule has 0 radical (unpaired) electrons. The molecule has 0 atom stereocenters. The second-order valence-corrected chi connectivity index (χ2v) is 11.6. The predicted octanol–water partition coefficient (Wildman–Crippen LogP) is 12.9. The average Bonchev–Trinajstić information content (AvgIpc) is 2.96. The van der Waals surface area contributed by atoms with E-state index in [0.717, 1.165) is 25.7 Å². The summed E-state index contributed by atoms with van der Waals surface area (Å²) in [6, 6.07) is 0. The van der Waals surface area contributed by atoms with Crippen LogP contribution in [0.2, 0.25) is 0 Å². The second-order valence-electron chi connectivity index (χ2n) is 11.6. The van der Waals surface area contributed by atoms with Gasteiger partial charge >= 0.3 is 0 Å².